The highest BCUT2D eigenvalue weighted by Crippen LogP contribution is 2.30. The summed E-state index contributed by atoms with van der Waals surface area (Å²) in [4.78, 5) is 0. The molecule has 1 aromatic carbocycles. The molecule has 1 saturated carbocycles. The fourth-order valence-electron chi connectivity index (χ4n) is 2.04. The van der Waals surface area contributed by atoms with Gasteiger partial charge in [0, 0.05) is 23.4 Å². The Morgan fingerprint density at radius 1 is 1.44 bits per heavy atom. The van der Waals surface area contributed by atoms with Crippen LogP contribution in [0.4, 0.5) is 5.69 Å². The van der Waals surface area contributed by atoms with E-state index >= 15 is 0 Å². The van der Waals surface area contributed by atoms with Crippen LogP contribution in [0.3, 0.4) is 0 Å². The Morgan fingerprint density at radius 3 is 2.88 bits per heavy atom. The lowest BCUT2D eigenvalue weighted by Crippen LogP contribution is -2.40. The van der Waals surface area contributed by atoms with Crippen LogP contribution in [0.1, 0.15) is 25.3 Å². The van der Waals surface area contributed by atoms with Crippen LogP contribution in [0.15, 0.2) is 18.2 Å². The van der Waals surface area contributed by atoms with Crippen molar-refractivity contribution < 1.29 is 4.74 Å². The van der Waals surface area contributed by atoms with Gasteiger partial charge in [-0.1, -0.05) is 17.7 Å². The predicted molar refractivity (Wildman–Crippen MR) is 68.2 cm³/mol. The summed E-state index contributed by atoms with van der Waals surface area (Å²) >= 11 is 6.07. The SMILES string of the molecule is CCOC1CC(Nc2cccc(Cl)c2C)C1. The Morgan fingerprint density at radius 2 is 2.19 bits per heavy atom. The van der Waals surface area contributed by atoms with Crippen molar-refractivity contribution >= 4 is 17.3 Å². The molecule has 3 heteroatoms. The van der Waals surface area contributed by atoms with Gasteiger partial charge in [0.15, 0.2) is 0 Å². The van der Waals surface area contributed by atoms with Gasteiger partial charge < -0.3 is 10.1 Å². The number of rotatable bonds is 4. The van der Waals surface area contributed by atoms with Crippen molar-refractivity contribution in [2.75, 3.05) is 11.9 Å². The Bertz CT molecular complexity index is 361. The van der Waals surface area contributed by atoms with Gasteiger partial charge in [0.25, 0.3) is 0 Å². The molecule has 0 aromatic heterocycles. The molecule has 16 heavy (non-hydrogen) atoms. The molecule has 0 radical (unpaired) electrons. The van der Waals surface area contributed by atoms with Crippen molar-refractivity contribution in [2.45, 2.75) is 38.8 Å². The third-order valence-electron chi connectivity index (χ3n) is 3.12. The van der Waals surface area contributed by atoms with Crippen molar-refractivity contribution in [3.8, 4) is 0 Å². The molecule has 0 spiro atoms. The molecule has 0 atom stereocenters. The summed E-state index contributed by atoms with van der Waals surface area (Å²) in [6.07, 6.45) is 2.64. The zero-order valence-corrected chi connectivity index (χ0v) is 10.6. The normalized spacial score (nSPS) is 23.9. The van der Waals surface area contributed by atoms with Crippen LogP contribution in [-0.2, 0) is 4.74 Å². The third-order valence-corrected chi connectivity index (χ3v) is 3.53. The van der Waals surface area contributed by atoms with E-state index in [0.717, 1.165) is 35.7 Å². The molecular formula is C13H18ClNO. The first kappa shape index (κ1) is 11.7. The van der Waals surface area contributed by atoms with Gasteiger partial charge in [0.1, 0.15) is 0 Å². The predicted octanol–water partition coefficient (Wildman–Crippen LogP) is 3.63. The van der Waals surface area contributed by atoms with E-state index in [4.69, 9.17) is 16.3 Å². The molecule has 2 rings (SSSR count). The minimum absolute atomic E-state index is 0.446. The Kier molecular flexibility index (Phi) is 3.72. The van der Waals surface area contributed by atoms with Crippen molar-refractivity contribution in [1.82, 2.24) is 0 Å². The van der Waals surface area contributed by atoms with Gasteiger partial charge >= 0.3 is 0 Å². The van der Waals surface area contributed by atoms with E-state index < -0.39 is 0 Å². The van der Waals surface area contributed by atoms with E-state index in [1.54, 1.807) is 0 Å². The molecule has 2 nitrogen and oxygen atoms in total. The van der Waals surface area contributed by atoms with Crippen LogP contribution in [0.25, 0.3) is 0 Å². The average Bonchev–Trinajstić information content (AvgIpc) is 2.21. The number of halogens is 1. The Hall–Kier alpha value is -0.730. The van der Waals surface area contributed by atoms with Crippen LogP contribution in [0.5, 0.6) is 0 Å². The summed E-state index contributed by atoms with van der Waals surface area (Å²) in [7, 11) is 0. The second-order valence-corrected chi connectivity index (χ2v) is 4.71. The van der Waals surface area contributed by atoms with Gasteiger partial charge in [-0.15, -0.1) is 0 Å². The molecular weight excluding hydrogens is 222 g/mol. The van der Waals surface area contributed by atoms with Crippen molar-refractivity contribution in [3.05, 3.63) is 28.8 Å². The standard InChI is InChI=1S/C13H18ClNO/c1-3-16-11-7-10(8-11)15-13-6-4-5-12(14)9(13)2/h4-6,10-11,15H,3,7-8H2,1-2H3. The zero-order valence-electron chi connectivity index (χ0n) is 9.79. The molecule has 1 aromatic rings. The fraction of sp³-hybridized carbons (Fsp3) is 0.538. The van der Waals surface area contributed by atoms with Crippen LogP contribution < -0.4 is 5.32 Å². The van der Waals surface area contributed by atoms with Crippen LogP contribution >= 0.6 is 11.6 Å². The van der Waals surface area contributed by atoms with Crippen LogP contribution in [0, 0.1) is 6.92 Å². The molecule has 0 saturated heterocycles. The first-order valence-electron chi connectivity index (χ1n) is 5.84. The molecule has 0 heterocycles. The smallest absolute Gasteiger partial charge is 0.0614 e. The summed E-state index contributed by atoms with van der Waals surface area (Å²) in [6, 6.07) is 6.52. The molecule has 1 aliphatic rings. The maximum absolute atomic E-state index is 6.07. The molecule has 0 bridgehead atoms. The van der Waals surface area contributed by atoms with E-state index in [0.29, 0.717) is 12.1 Å². The largest absolute Gasteiger partial charge is 0.382 e. The summed E-state index contributed by atoms with van der Waals surface area (Å²) in [5.41, 5.74) is 2.27. The second kappa shape index (κ2) is 5.07. The highest BCUT2D eigenvalue weighted by Gasteiger charge is 2.29. The van der Waals surface area contributed by atoms with Crippen LogP contribution in [-0.4, -0.2) is 18.8 Å². The van der Waals surface area contributed by atoms with Gasteiger partial charge in [0.2, 0.25) is 0 Å². The van der Waals surface area contributed by atoms with Gasteiger partial charge in [-0.2, -0.15) is 0 Å². The minimum atomic E-state index is 0.446. The first-order valence-corrected chi connectivity index (χ1v) is 6.21. The lowest BCUT2D eigenvalue weighted by Gasteiger charge is -2.36. The number of nitrogens with one attached hydrogen (secondary N) is 1. The van der Waals surface area contributed by atoms with Crippen molar-refractivity contribution in [2.24, 2.45) is 0 Å². The van der Waals surface area contributed by atoms with Gasteiger partial charge in [0.05, 0.1) is 6.10 Å². The monoisotopic (exact) mass is 239 g/mol. The number of hydrogen-bond donors (Lipinski definition) is 1. The number of hydrogen-bond acceptors (Lipinski definition) is 2. The Labute approximate surface area is 102 Å². The highest BCUT2D eigenvalue weighted by atomic mass is 35.5. The molecule has 0 aliphatic heterocycles. The molecule has 1 fully saturated rings. The van der Waals surface area contributed by atoms with E-state index in [2.05, 4.69) is 11.4 Å². The maximum Gasteiger partial charge on any atom is 0.0614 e. The quantitative estimate of drug-likeness (QED) is 0.867. The number of ether oxygens (including phenoxy) is 1. The number of benzene rings is 1. The van der Waals surface area contributed by atoms with E-state index in [-0.39, 0.29) is 0 Å². The van der Waals surface area contributed by atoms with Crippen molar-refractivity contribution in [3.63, 3.8) is 0 Å². The average molecular weight is 240 g/mol. The van der Waals surface area contributed by atoms with Crippen molar-refractivity contribution in [1.29, 1.82) is 0 Å². The Balaban J connectivity index is 1.89. The van der Waals surface area contributed by atoms with E-state index in [9.17, 15) is 0 Å². The topological polar surface area (TPSA) is 21.3 Å². The highest BCUT2D eigenvalue weighted by molar-refractivity contribution is 6.31. The minimum Gasteiger partial charge on any atom is -0.382 e. The second-order valence-electron chi connectivity index (χ2n) is 4.30. The molecule has 1 N–H and O–H groups in total. The summed E-state index contributed by atoms with van der Waals surface area (Å²) in [5.74, 6) is 0. The molecule has 88 valence electrons. The van der Waals surface area contributed by atoms with Crippen LogP contribution in [0.2, 0.25) is 5.02 Å². The molecule has 1 aliphatic carbocycles. The van der Waals surface area contributed by atoms with E-state index in [1.807, 2.05) is 26.0 Å². The van der Waals surface area contributed by atoms with Gasteiger partial charge in [-0.05, 0) is 44.4 Å². The fourth-order valence-corrected chi connectivity index (χ4v) is 2.21. The molecule has 0 unspecified atom stereocenters. The first-order chi connectivity index (χ1) is 7.70. The maximum atomic E-state index is 6.07. The summed E-state index contributed by atoms with van der Waals surface area (Å²) < 4.78 is 5.53. The zero-order chi connectivity index (χ0) is 11.5. The number of anilines is 1. The summed E-state index contributed by atoms with van der Waals surface area (Å²) in [5, 5.41) is 4.34. The van der Waals surface area contributed by atoms with Gasteiger partial charge in [-0.3, -0.25) is 0 Å². The van der Waals surface area contributed by atoms with E-state index in [1.165, 1.54) is 0 Å². The summed E-state index contributed by atoms with van der Waals surface area (Å²) in [6.45, 7) is 4.90. The molecule has 0 amide bonds. The lowest BCUT2D eigenvalue weighted by atomic mass is 9.89. The van der Waals surface area contributed by atoms with Gasteiger partial charge in [-0.25, -0.2) is 0 Å². The third kappa shape index (κ3) is 2.50. The lowest BCUT2D eigenvalue weighted by molar-refractivity contribution is 0.00298.